The van der Waals surface area contributed by atoms with Crippen molar-refractivity contribution < 1.29 is 18.8 Å². The molecule has 0 aliphatic rings. The Morgan fingerprint density at radius 3 is 2.68 bits per heavy atom. The first-order valence-electron chi connectivity index (χ1n) is 6.37. The van der Waals surface area contributed by atoms with Crippen molar-refractivity contribution in [3.8, 4) is 0 Å². The van der Waals surface area contributed by atoms with Crippen LogP contribution in [0.5, 0.6) is 0 Å². The van der Waals surface area contributed by atoms with E-state index < -0.39 is 10.9 Å². The van der Waals surface area contributed by atoms with Gasteiger partial charge in [0.15, 0.2) is 0 Å². The van der Waals surface area contributed by atoms with Crippen LogP contribution in [-0.2, 0) is 11.3 Å². The number of halogens is 1. The second-order valence-electron chi connectivity index (χ2n) is 4.43. The van der Waals surface area contributed by atoms with Crippen molar-refractivity contribution in [3.05, 3.63) is 69.5 Å². The van der Waals surface area contributed by atoms with Gasteiger partial charge in [0, 0.05) is 23.9 Å². The number of hydrogen-bond donors (Lipinski definition) is 1. The lowest BCUT2D eigenvalue weighted by atomic mass is 10.1. The Morgan fingerprint density at radius 1 is 1.32 bits per heavy atom. The SMILES string of the molecule is COC(=O)c1cc(NCc2ccccc2F)ccc1[N+](=O)[O-]. The molecule has 0 spiro atoms. The van der Waals surface area contributed by atoms with Crippen LogP contribution >= 0.6 is 0 Å². The molecule has 2 aromatic rings. The predicted octanol–water partition coefficient (Wildman–Crippen LogP) is 3.13. The first-order valence-corrected chi connectivity index (χ1v) is 6.37. The van der Waals surface area contributed by atoms with Crippen LogP contribution in [0.1, 0.15) is 15.9 Å². The molecule has 0 radical (unpaired) electrons. The molecule has 0 heterocycles. The number of anilines is 1. The largest absolute Gasteiger partial charge is 0.465 e. The minimum absolute atomic E-state index is 0.161. The van der Waals surface area contributed by atoms with Gasteiger partial charge < -0.3 is 10.1 Å². The van der Waals surface area contributed by atoms with Crippen LogP contribution in [0, 0.1) is 15.9 Å². The average molecular weight is 304 g/mol. The molecule has 0 saturated heterocycles. The zero-order chi connectivity index (χ0) is 16.1. The Morgan fingerprint density at radius 2 is 2.05 bits per heavy atom. The zero-order valence-electron chi connectivity index (χ0n) is 11.7. The van der Waals surface area contributed by atoms with Gasteiger partial charge in [-0.3, -0.25) is 10.1 Å². The van der Waals surface area contributed by atoms with Gasteiger partial charge in [-0.05, 0) is 18.2 Å². The summed E-state index contributed by atoms with van der Waals surface area (Å²) in [7, 11) is 1.14. The average Bonchev–Trinajstić information content (AvgIpc) is 2.53. The summed E-state index contributed by atoms with van der Waals surface area (Å²) in [6, 6.07) is 10.2. The van der Waals surface area contributed by atoms with E-state index in [-0.39, 0.29) is 23.6 Å². The zero-order valence-corrected chi connectivity index (χ0v) is 11.7. The van der Waals surface area contributed by atoms with Gasteiger partial charge in [0.25, 0.3) is 5.69 Å². The Labute approximate surface area is 125 Å². The number of methoxy groups -OCH3 is 1. The third-order valence-corrected chi connectivity index (χ3v) is 3.04. The number of rotatable bonds is 5. The van der Waals surface area contributed by atoms with E-state index in [1.54, 1.807) is 18.2 Å². The fourth-order valence-corrected chi connectivity index (χ4v) is 1.92. The molecule has 0 bridgehead atoms. The Kier molecular flexibility index (Phi) is 4.67. The molecule has 0 aliphatic heterocycles. The minimum Gasteiger partial charge on any atom is -0.465 e. The van der Waals surface area contributed by atoms with Gasteiger partial charge in [0.05, 0.1) is 12.0 Å². The van der Waals surface area contributed by atoms with Crippen LogP contribution in [0.3, 0.4) is 0 Å². The van der Waals surface area contributed by atoms with E-state index in [1.807, 2.05) is 0 Å². The van der Waals surface area contributed by atoms with E-state index in [4.69, 9.17) is 0 Å². The summed E-state index contributed by atoms with van der Waals surface area (Å²) < 4.78 is 18.1. The highest BCUT2D eigenvalue weighted by Crippen LogP contribution is 2.24. The lowest BCUT2D eigenvalue weighted by molar-refractivity contribution is -0.385. The van der Waals surface area contributed by atoms with Crippen LogP contribution in [0.25, 0.3) is 0 Å². The highest BCUT2D eigenvalue weighted by Gasteiger charge is 2.21. The van der Waals surface area contributed by atoms with Crippen molar-refractivity contribution in [2.24, 2.45) is 0 Å². The Hall–Kier alpha value is -2.96. The Bertz CT molecular complexity index is 718. The van der Waals surface area contributed by atoms with Crippen molar-refractivity contribution in [2.75, 3.05) is 12.4 Å². The Balaban J connectivity index is 2.24. The van der Waals surface area contributed by atoms with Crippen LogP contribution in [0.15, 0.2) is 42.5 Å². The van der Waals surface area contributed by atoms with Crippen molar-refractivity contribution in [1.29, 1.82) is 0 Å². The number of nitro benzene ring substituents is 1. The molecule has 0 saturated carbocycles. The molecular formula is C15H13FN2O4. The number of nitrogens with zero attached hydrogens (tertiary/aromatic N) is 1. The van der Waals surface area contributed by atoms with E-state index in [1.165, 1.54) is 24.3 Å². The highest BCUT2D eigenvalue weighted by atomic mass is 19.1. The molecule has 22 heavy (non-hydrogen) atoms. The maximum atomic E-state index is 13.5. The molecule has 0 unspecified atom stereocenters. The number of ether oxygens (including phenoxy) is 1. The van der Waals surface area contributed by atoms with Crippen molar-refractivity contribution in [3.63, 3.8) is 0 Å². The topological polar surface area (TPSA) is 81.5 Å². The summed E-state index contributed by atoms with van der Waals surface area (Å²) in [4.78, 5) is 21.9. The van der Waals surface area contributed by atoms with Crippen LogP contribution in [-0.4, -0.2) is 18.0 Å². The lowest BCUT2D eigenvalue weighted by Crippen LogP contribution is -2.08. The van der Waals surface area contributed by atoms with E-state index >= 15 is 0 Å². The lowest BCUT2D eigenvalue weighted by Gasteiger charge is -2.09. The molecule has 0 amide bonds. The summed E-state index contributed by atoms with van der Waals surface area (Å²) in [6.07, 6.45) is 0. The number of carbonyl (C=O) groups excluding carboxylic acids is 1. The van der Waals surface area contributed by atoms with E-state index in [0.29, 0.717) is 11.3 Å². The fourth-order valence-electron chi connectivity index (χ4n) is 1.92. The predicted molar refractivity (Wildman–Crippen MR) is 78.2 cm³/mol. The molecule has 1 N–H and O–H groups in total. The van der Waals surface area contributed by atoms with Gasteiger partial charge in [-0.25, -0.2) is 9.18 Å². The minimum atomic E-state index is -0.804. The molecule has 2 aromatic carbocycles. The molecule has 0 aliphatic carbocycles. The molecule has 0 fully saturated rings. The molecular weight excluding hydrogens is 291 g/mol. The quantitative estimate of drug-likeness (QED) is 0.521. The number of benzene rings is 2. The third-order valence-electron chi connectivity index (χ3n) is 3.04. The van der Waals surface area contributed by atoms with E-state index in [2.05, 4.69) is 10.1 Å². The maximum absolute atomic E-state index is 13.5. The number of esters is 1. The molecule has 0 aromatic heterocycles. The van der Waals surface area contributed by atoms with Crippen LogP contribution in [0.2, 0.25) is 0 Å². The second-order valence-corrected chi connectivity index (χ2v) is 4.43. The number of nitrogens with one attached hydrogen (secondary N) is 1. The summed E-state index contributed by atoms with van der Waals surface area (Å²) in [5.41, 5.74) is 0.393. The number of hydrogen-bond acceptors (Lipinski definition) is 5. The summed E-state index contributed by atoms with van der Waals surface area (Å²) in [5.74, 6) is -1.16. The molecule has 2 rings (SSSR count). The summed E-state index contributed by atoms with van der Waals surface area (Å²) in [6.45, 7) is 0.186. The standard InChI is InChI=1S/C15H13FN2O4/c1-22-15(19)12-8-11(6-7-14(12)18(20)21)17-9-10-4-2-3-5-13(10)16/h2-8,17H,9H2,1H3. The normalized spacial score (nSPS) is 10.1. The van der Waals surface area contributed by atoms with Crippen LogP contribution < -0.4 is 5.32 Å². The maximum Gasteiger partial charge on any atom is 0.344 e. The third kappa shape index (κ3) is 3.38. The van der Waals surface area contributed by atoms with Gasteiger partial charge in [-0.1, -0.05) is 18.2 Å². The smallest absolute Gasteiger partial charge is 0.344 e. The number of carbonyl (C=O) groups is 1. The van der Waals surface area contributed by atoms with Crippen LogP contribution in [0.4, 0.5) is 15.8 Å². The van der Waals surface area contributed by atoms with Crippen molar-refractivity contribution in [2.45, 2.75) is 6.54 Å². The molecule has 7 heteroatoms. The molecule has 0 atom stereocenters. The van der Waals surface area contributed by atoms with E-state index in [0.717, 1.165) is 7.11 Å². The second kappa shape index (κ2) is 6.66. The van der Waals surface area contributed by atoms with Gasteiger partial charge >= 0.3 is 5.97 Å². The number of nitro groups is 1. The van der Waals surface area contributed by atoms with E-state index in [9.17, 15) is 19.3 Å². The van der Waals surface area contributed by atoms with Gasteiger partial charge in [-0.2, -0.15) is 0 Å². The highest BCUT2D eigenvalue weighted by molar-refractivity contribution is 5.95. The van der Waals surface area contributed by atoms with Crippen molar-refractivity contribution >= 4 is 17.3 Å². The monoisotopic (exact) mass is 304 g/mol. The van der Waals surface area contributed by atoms with Gasteiger partial charge in [0.1, 0.15) is 11.4 Å². The first-order chi connectivity index (χ1) is 10.5. The molecule has 114 valence electrons. The first kappa shape index (κ1) is 15.4. The summed E-state index contributed by atoms with van der Waals surface area (Å²) >= 11 is 0. The molecule has 6 nitrogen and oxygen atoms in total. The van der Waals surface area contributed by atoms with Gasteiger partial charge in [-0.15, -0.1) is 0 Å². The summed E-state index contributed by atoms with van der Waals surface area (Å²) in [5, 5.41) is 13.8. The fraction of sp³-hybridized carbons (Fsp3) is 0.133. The van der Waals surface area contributed by atoms with Crippen molar-refractivity contribution in [1.82, 2.24) is 0 Å². The van der Waals surface area contributed by atoms with Gasteiger partial charge in [0.2, 0.25) is 0 Å².